The maximum absolute atomic E-state index is 5.38. The Balaban J connectivity index is 1.07. The molecule has 0 bridgehead atoms. The van der Waals surface area contributed by atoms with E-state index in [-0.39, 0.29) is 0 Å². The van der Waals surface area contributed by atoms with E-state index in [4.69, 9.17) is 15.0 Å². The molecule has 63 heavy (non-hydrogen) atoms. The lowest BCUT2D eigenvalue weighted by Gasteiger charge is -2.16. The highest BCUT2D eigenvalue weighted by molar-refractivity contribution is 6.23. The van der Waals surface area contributed by atoms with Crippen molar-refractivity contribution < 1.29 is 0 Å². The summed E-state index contributed by atoms with van der Waals surface area (Å²) in [6, 6.07) is 71.2. The van der Waals surface area contributed by atoms with E-state index in [1.54, 1.807) is 0 Å². The summed E-state index contributed by atoms with van der Waals surface area (Å²) in [5.74, 6) is 0.685. The van der Waals surface area contributed by atoms with Crippen molar-refractivity contribution in [2.24, 2.45) is 0 Å². The van der Waals surface area contributed by atoms with E-state index in [1.807, 2.05) is 0 Å². The Hall–Kier alpha value is -8.21. The quantitative estimate of drug-likeness (QED) is 0.161. The van der Waals surface area contributed by atoms with E-state index in [9.17, 15) is 0 Å². The molecular weight excluding hydrogens is 765 g/mol. The molecule has 3 aromatic heterocycles. The molecule has 4 nitrogen and oxygen atoms in total. The Labute approximate surface area is 365 Å². The van der Waals surface area contributed by atoms with Crippen LogP contribution in [0.15, 0.2) is 218 Å². The van der Waals surface area contributed by atoms with Gasteiger partial charge in [0.2, 0.25) is 0 Å². The fourth-order valence-corrected chi connectivity index (χ4v) is 9.44. The topological polar surface area (TPSA) is 43.6 Å². The summed E-state index contributed by atoms with van der Waals surface area (Å²) in [5, 5.41) is 5.61. The number of hydrogen-bond acceptors (Lipinski definition) is 3. The molecule has 1 aliphatic carbocycles. The molecule has 1 aliphatic rings. The molecule has 3 heterocycles. The van der Waals surface area contributed by atoms with Gasteiger partial charge in [0, 0.05) is 43.8 Å². The van der Waals surface area contributed by atoms with Gasteiger partial charge in [0.15, 0.2) is 5.82 Å². The molecule has 0 atom stereocenters. The molecule has 0 aliphatic heterocycles. The molecule has 0 amide bonds. The van der Waals surface area contributed by atoms with Crippen LogP contribution in [0.1, 0.15) is 18.4 Å². The maximum atomic E-state index is 5.38. The summed E-state index contributed by atoms with van der Waals surface area (Å²) in [5.41, 5.74) is 16.2. The van der Waals surface area contributed by atoms with Crippen LogP contribution in [0.25, 0.3) is 111 Å². The second-order valence-electron chi connectivity index (χ2n) is 16.2. The van der Waals surface area contributed by atoms with Crippen molar-refractivity contribution in [3.05, 3.63) is 224 Å². The van der Waals surface area contributed by atoms with Crippen LogP contribution in [0, 0.1) is 0 Å². The number of pyridine rings is 1. The molecule has 0 saturated carbocycles. The smallest absolute Gasteiger partial charge is 0.161 e. The zero-order valence-corrected chi connectivity index (χ0v) is 34.5. The standard InChI is InChI=1S/C59H40N4/c1-4-16-39(17-5-1)41-28-32-43(33-29-41)52-38-53(44-34-30-42(31-35-44)40-18-6-2-7-19-40)62-59(61-52)48-36-37-55(47-23-11-10-22-46(47)48)63-54-27-15-13-25-50(54)56-57(45-20-8-3-9-21-45)60-51-26-14-12-24-49(51)58(56)63/h1-6,8-18,20-38H,7,19H2. The van der Waals surface area contributed by atoms with Gasteiger partial charge in [0.1, 0.15) is 0 Å². The third-order valence-corrected chi connectivity index (χ3v) is 12.5. The second kappa shape index (κ2) is 15.4. The first-order valence-electron chi connectivity index (χ1n) is 21.7. The Kier molecular flexibility index (Phi) is 8.93. The molecule has 11 aromatic rings. The summed E-state index contributed by atoms with van der Waals surface area (Å²) in [6.45, 7) is 0. The first kappa shape index (κ1) is 36.6. The van der Waals surface area contributed by atoms with E-state index in [2.05, 4.69) is 223 Å². The van der Waals surface area contributed by atoms with Gasteiger partial charge in [0.25, 0.3) is 0 Å². The number of para-hydroxylation sites is 2. The second-order valence-corrected chi connectivity index (χ2v) is 16.2. The minimum absolute atomic E-state index is 0.685. The summed E-state index contributed by atoms with van der Waals surface area (Å²) >= 11 is 0. The molecule has 0 unspecified atom stereocenters. The van der Waals surface area contributed by atoms with Crippen molar-refractivity contribution in [2.75, 3.05) is 0 Å². The molecule has 0 fully saturated rings. The molecule has 0 saturated heterocycles. The van der Waals surface area contributed by atoms with E-state index in [1.165, 1.54) is 27.6 Å². The fraction of sp³-hybridized carbons (Fsp3) is 0.0339. The molecule has 8 aromatic carbocycles. The molecule has 12 rings (SSSR count). The molecule has 0 radical (unpaired) electrons. The third-order valence-electron chi connectivity index (χ3n) is 12.5. The Morgan fingerprint density at radius 2 is 1.00 bits per heavy atom. The number of allylic oxidation sites excluding steroid dienone is 4. The fourth-order valence-electron chi connectivity index (χ4n) is 9.44. The van der Waals surface area contributed by atoms with Crippen molar-refractivity contribution in [3.8, 4) is 62.0 Å². The van der Waals surface area contributed by atoms with Gasteiger partial charge in [-0.3, -0.25) is 0 Å². The average molecular weight is 805 g/mol. The zero-order valence-electron chi connectivity index (χ0n) is 34.5. The monoisotopic (exact) mass is 804 g/mol. The number of aromatic nitrogens is 4. The minimum Gasteiger partial charge on any atom is -0.308 e. The minimum atomic E-state index is 0.685. The normalized spacial score (nSPS) is 12.7. The number of fused-ring (bicyclic) bond motifs is 6. The highest BCUT2D eigenvalue weighted by atomic mass is 15.0. The van der Waals surface area contributed by atoms with E-state index in [0.29, 0.717) is 5.82 Å². The number of hydrogen-bond donors (Lipinski definition) is 0. The van der Waals surface area contributed by atoms with Crippen LogP contribution in [0.2, 0.25) is 0 Å². The molecule has 4 heteroatoms. The van der Waals surface area contributed by atoms with Gasteiger partial charge in [-0.1, -0.05) is 188 Å². The molecular formula is C59H40N4. The van der Waals surface area contributed by atoms with Gasteiger partial charge in [-0.2, -0.15) is 0 Å². The van der Waals surface area contributed by atoms with Gasteiger partial charge < -0.3 is 4.57 Å². The van der Waals surface area contributed by atoms with Crippen molar-refractivity contribution >= 4 is 49.1 Å². The van der Waals surface area contributed by atoms with Gasteiger partial charge in [0.05, 0.1) is 39.3 Å². The third kappa shape index (κ3) is 6.43. The van der Waals surface area contributed by atoms with Crippen LogP contribution in [0.3, 0.4) is 0 Å². The predicted octanol–water partition coefficient (Wildman–Crippen LogP) is 15.3. The first-order chi connectivity index (χ1) is 31.2. The predicted molar refractivity (Wildman–Crippen MR) is 263 cm³/mol. The van der Waals surface area contributed by atoms with Crippen LogP contribution >= 0.6 is 0 Å². The van der Waals surface area contributed by atoms with Crippen molar-refractivity contribution in [2.45, 2.75) is 12.8 Å². The highest BCUT2D eigenvalue weighted by Gasteiger charge is 2.23. The lowest BCUT2D eigenvalue weighted by Crippen LogP contribution is -2.00. The van der Waals surface area contributed by atoms with E-state index >= 15 is 0 Å². The van der Waals surface area contributed by atoms with Crippen LogP contribution < -0.4 is 0 Å². The van der Waals surface area contributed by atoms with Crippen LogP contribution in [-0.4, -0.2) is 19.5 Å². The van der Waals surface area contributed by atoms with Crippen LogP contribution in [-0.2, 0) is 0 Å². The summed E-state index contributed by atoms with van der Waals surface area (Å²) in [4.78, 5) is 16.1. The van der Waals surface area contributed by atoms with E-state index in [0.717, 1.165) is 96.0 Å². The van der Waals surface area contributed by atoms with Crippen LogP contribution in [0.4, 0.5) is 0 Å². The van der Waals surface area contributed by atoms with E-state index < -0.39 is 0 Å². The SMILES string of the molecule is C1=CCCC(c2ccc(-c3cc(-c4ccc(-c5ccccc5)cc4)nc(-c4ccc(-n5c6ccccc6c6c(-c7ccccc7)nc7ccccc7c65)c5ccccc45)n3)cc2)=C1. The van der Waals surface area contributed by atoms with Crippen molar-refractivity contribution in [1.29, 1.82) is 0 Å². The zero-order chi connectivity index (χ0) is 41.7. The lowest BCUT2D eigenvalue weighted by atomic mass is 9.96. The molecule has 0 spiro atoms. The largest absolute Gasteiger partial charge is 0.308 e. The Morgan fingerprint density at radius 1 is 0.429 bits per heavy atom. The summed E-state index contributed by atoms with van der Waals surface area (Å²) in [7, 11) is 0. The number of rotatable bonds is 7. The van der Waals surface area contributed by atoms with Gasteiger partial charge >= 0.3 is 0 Å². The van der Waals surface area contributed by atoms with Gasteiger partial charge in [-0.25, -0.2) is 15.0 Å². The summed E-state index contributed by atoms with van der Waals surface area (Å²) in [6.07, 6.45) is 8.75. The van der Waals surface area contributed by atoms with Gasteiger partial charge in [-0.05, 0) is 70.8 Å². The van der Waals surface area contributed by atoms with Crippen molar-refractivity contribution in [1.82, 2.24) is 19.5 Å². The molecule has 0 N–H and O–H groups in total. The lowest BCUT2D eigenvalue weighted by molar-refractivity contribution is 1.05. The maximum Gasteiger partial charge on any atom is 0.161 e. The average Bonchev–Trinajstić information content (AvgIpc) is 3.72. The van der Waals surface area contributed by atoms with Gasteiger partial charge in [-0.15, -0.1) is 0 Å². The van der Waals surface area contributed by atoms with Crippen molar-refractivity contribution in [3.63, 3.8) is 0 Å². The Bertz CT molecular complexity index is 3580. The Morgan fingerprint density at radius 3 is 1.70 bits per heavy atom. The highest BCUT2D eigenvalue weighted by Crippen LogP contribution is 2.43. The summed E-state index contributed by atoms with van der Waals surface area (Å²) < 4.78 is 2.45. The first-order valence-corrected chi connectivity index (χ1v) is 21.7. The number of benzene rings is 8. The molecule has 296 valence electrons. The number of nitrogens with zero attached hydrogens (tertiary/aromatic N) is 4. The van der Waals surface area contributed by atoms with Crippen LogP contribution in [0.5, 0.6) is 0 Å².